The molecule has 0 radical (unpaired) electrons. The number of rotatable bonds is 8. The van der Waals surface area contributed by atoms with Crippen LogP contribution in [-0.4, -0.2) is 23.4 Å². The fourth-order valence-corrected chi connectivity index (χ4v) is 1.86. The van der Waals surface area contributed by atoms with E-state index in [1.54, 1.807) is 18.5 Å². The lowest BCUT2D eigenvalue weighted by atomic mass is 9.98. The molecule has 0 saturated carbocycles. The van der Waals surface area contributed by atoms with Gasteiger partial charge < -0.3 is 10.5 Å². The summed E-state index contributed by atoms with van der Waals surface area (Å²) in [6, 6.07) is 1.77. The molecule has 0 aliphatic heterocycles. The van der Waals surface area contributed by atoms with Crippen molar-refractivity contribution in [3.8, 4) is 5.75 Å². The summed E-state index contributed by atoms with van der Waals surface area (Å²) < 4.78 is 5.54. The van der Waals surface area contributed by atoms with Gasteiger partial charge in [-0.15, -0.1) is 0 Å². The average molecular weight is 264 g/mol. The largest absolute Gasteiger partial charge is 0.489 e. The van der Waals surface area contributed by atoms with Crippen LogP contribution in [0.5, 0.6) is 5.75 Å². The van der Waals surface area contributed by atoms with Crippen molar-refractivity contribution in [2.24, 2.45) is 11.7 Å². The molecular formula is C15H24N2O2. The highest BCUT2D eigenvalue weighted by Crippen LogP contribution is 2.17. The molecule has 0 fully saturated rings. The topological polar surface area (TPSA) is 65.2 Å². The van der Waals surface area contributed by atoms with Crippen molar-refractivity contribution in [1.29, 1.82) is 0 Å². The zero-order valence-corrected chi connectivity index (χ0v) is 12.1. The summed E-state index contributed by atoms with van der Waals surface area (Å²) in [4.78, 5) is 16.1. The lowest BCUT2D eigenvalue weighted by Gasteiger charge is -2.11. The van der Waals surface area contributed by atoms with Crippen molar-refractivity contribution in [3.05, 3.63) is 24.0 Å². The predicted molar refractivity (Wildman–Crippen MR) is 76.4 cm³/mol. The Morgan fingerprint density at radius 3 is 2.68 bits per heavy atom. The van der Waals surface area contributed by atoms with Gasteiger partial charge >= 0.3 is 0 Å². The van der Waals surface area contributed by atoms with Crippen molar-refractivity contribution in [2.45, 2.75) is 46.1 Å². The number of nitrogens with two attached hydrogens (primary N) is 1. The van der Waals surface area contributed by atoms with Gasteiger partial charge in [-0.3, -0.25) is 9.78 Å². The van der Waals surface area contributed by atoms with E-state index in [-0.39, 0.29) is 11.9 Å². The zero-order valence-electron chi connectivity index (χ0n) is 12.1. The maximum absolute atomic E-state index is 12.1. The number of hydrogen-bond acceptors (Lipinski definition) is 4. The van der Waals surface area contributed by atoms with Crippen LogP contribution in [-0.2, 0) is 0 Å². The lowest BCUT2D eigenvalue weighted by Crippen LogP contribution is -2.09. The van der Waals surface area contributed by atoms with Crippen LogP contribution in [0.2, 0.25) is 0 Å². The smallest absolute Gasteiger partial charge is 0.164 e. The Balaban J connectivity index is 2.56. The maximum atomic E-state index is 12.1. The number of aromatic nitrogens is 1. The molecule has 4 nitrogen and oxygen atoms in total. The standard InChI is InChI=1S/C15H24N2O2/c1-11(2)19-14-8-13(9-17-10-14)15(18)5-4-12(3)6-7-16/h8-12H,4-7,16H2,1-3H3. The summed E-state index contributed by atoms with van der Waals surface area (Å²) in [6.07, 6.45) is 5.68. The van der Waals surface area contributed by atoms with E-state index in [0.717, 1.165) is 12.8 Å². The van der Waals surface area contributed by atoms with Crippen LogP contribution in [0.15, 0.2) is 18.5 Å². The third kappa shape index (κ3) is 5.83. The molecule has 0 spiro atoms. The number of carbonyl (C=O) groups is 1. The van der Waals surface area contributed by atoms with E-state index >= 15 is 0 Å². The van der Waals surface area contributed by atoms with Crippen LogP contribution >= 0.6 is 0 Å². The van der Waals surface area contributed by atoms with Crippen molar-refractivity contribution in [2.75, 3.05) is 6.54 Å². The second-order valence-electron chi connectivity index (χ2n) is 5.22. The van der Waals surface area contributed by atoms with Crippen LogP contribution in [0, 0.1) is 5.92 Å². The number of pyridine rings is 1. The monoisotopic (exact) mass is 264 g/mol. The summed E-state index contributed by atoms with van der Waals surface area (Å²) in [5.41, 5.74) is 6.12. The van der Waals surface area contributed by atoms with Gasteiger partial charge in [0.2, 0.25) is 0 Å². The average Bonchev–Trinajstić information content (AvgIpc) is 2.36. The molecule has 0 saturated heterocycles. The SMILES string of the molecule is CC(CCN)CCC(=O)c1cncc(OC(C)C)c1. The molecule has 0 bridgehead atoms. The van der Waals surface area contributed by atoms with E-state index in [2.05, 4.69) is 11.9 Å². The molecular weight excluding hydrogens is 240 g/mol. The van der Waals surface area contributed by atoms with Crippen molar-refractivity contribution in [3.63, 3.8) is 0 Å². The molecule has 0 aliphatic rings. The minimum atomic E-state index is 0.0803. The van der Waals surface area contributed by atoms with E-state index in [1.807, 2.05) is 13.8 Å². The Labute approximate surface area is 115 Å². The molecule has 1 rings (SSSR count). The van der Waals surface area contributed by atoms with Crippen LogP contribution < -0.4 is 10.5 Å². The molecule has 106 valence electrons. The Kier molecular flexibility index (Phi) is 6.50. The molecule has 0 aromatic carbocycles. The van der Waals surface area contributed by atoms with Crippen LogP contribution in [0.3, 0.4) is 0 Å². The molecule has 1 aromatic heterocycles. The summed E-state index contributed by atoms with van der Waals surface area (Å²) >= 11 is 0. The van der Waals surface area contributed by atoms with Gasteiger partial charge in [-0.1, -0.05) is 6.92 Å². The predicted octanol–water partition coefficient (Wildman–Crippen LogP) is 2.82. The molecule has 1 atom stereocenters. The first-order chi connectivity index (χ1) is 9.02. The molecule has 1 heterocycles. The first kappa shape index (κ1) is 15.6. The fourth-order valence-electron chi connectivity index (χ4n) is 1.86. The molecule has 19 heavy (non-hydrogen) atoms. The first-order valence-corrected chi connectivity index (χ1v) is 6.88. The molecule has 2 N–H and O–H groups in total. The quantitative estimate of drug-likeness (QED) is 0.733. The van der Waals surface area contributed by atoms with Crippen molar-refractivity contribution >= 4 is 5.78 Å². The Morgan fingerprint density at radius 1 is 1.32 bits per heavy atom. The summed E-state index contributed by atoms with van der Waals surface area (Å²) in [5.74, 6) is 1.25. The Morgan fingerprint density at radius 2 is 2.05 bits per heavy atom. The van der Waals surface area contributed by atoms with Crippen molar-refractivity contribution in [1.82, 2.24) is 4.98 Å². The highest BCUT2D eigenvalue weighted by molar-refractivity contribution is 5.96. The van der Waals surface area contributed by atoms with E-state index in [0.29, 0.717) is 30.2 Å². The van der Waals surface area contributed by atoms with Gasteiger partial charge in [0.1, 0.15) is 5.75 Å². The number of nitrogens with zero attached hydrogens (tertiary/aromatic N) is 1. The third-order valence-corrected chi connectivity index (χ3v) is 2.93. The number of hydrogen-bond donors (Lipinski definition) is 1. The maximum Gasteiger partial charge on any atom is 0.164 e. The number of ether oxygens (including phenoxy) is 1. The molecule has 0 aliphatic carbocycles. The van der Waals surface area contributed by atoms with Gasteiger partial charge in [-0.05, 0) is 45.2 Å². The summed E-state index contributed by atoms with van der Waals surface area (Å²) in [7, 11) is 0. The van der Waals surface area contributed by atoms with Crippen molar-refractivity contribution < 1.29 is 9.53 Å². The van der Waals surface area contributed by atoms with Crippen LogP contribution in [0.1, 0.15) is 50.4 Å². The Bertz CT molecular complexity index is 405. The van der Waals surface area contributed by atoms with E-state index in [4.69, 9.17) is 10.5 Å². The van der Waals surface area contributed by atoms with E-state index in [9.17, 15) is 4.79 Å². The van der Waals surface area contributed by atoms with Gasteiger partial charge in [-0.2, -0.15) is 0 Å². The number of Topliss-reactive ketones (excluding diaryl/α,β-unsaturated/α-hetero) is 1. The summed E-state index contributed by atoms with van der Waals surface area (Å²) in [5, 5.41) is 0. The minimum Gasteiger partial charge on any atom is -0.489 e. The number of ketones is 1. The van der Waals surface area contributed by atoms with Gasteiger partial charge in [0, 0.05) is 18.2 Å². The van der Waals surface area contributed by atoms with Gasteiger partial charge in [0.05, 0.1) is 12.3 Å². The zero-order chi connectivity index (χ0) is 14.3. The Hall–Kier alpha value is -1.42. The summed E-state index contributed by atoms with van der Waals surface area (Å²) in [6.45, 7) is 6.69. The van der Waals surface area contributed by atoms with Gasteiger partial charge in [0.15, 0.2) is 5.78 Å². The third-order valence-electron chi connectivity index (χ3n) is 2.93. The minimum absolute atomic E-state index is 0.0803. The molecule has 0 amide bonds. The van der Waals surface area contributed by atoms with Crippen LogP contribution in [0.25, 0.3) is 0 Å². The second kappa shape index (κ2) is 7.89. The first-order valence-electron chi connectivity index (χ1n) is 6.88. The highest BCUT2D eigenvalue weighted by Gasteiger charge is 2.10. The fraction of sp³-hybridized carbons (Fsp3) is 0.600. The van der Waals surface area contributed by atoms with Gasteiger partial charge in [-0.25, -0.2) is 0 Å². The highest BCUT2D eigenvalue weighted by atomic mass is 16.5. The molecule has 1 unspecified atom stereocenters. The van der Waals surface area contributed by atoms with E-state index < -0.39 is 0 Å². The lowest BCUT2D eigenvalue weighted by molar-refractivity contribution is 0.0973. The number of carbonyl (C=O) groups excluding carboxylic acids is 1. The molecule has 4 heteroatoms. The van der Waals surface area contributed by atoms with Crippen LogP contribution in [0.4, 0.5) is 0 Å². The molecule has 1 aromatic rings. The normalized spacial score (nSPS) is 12.5. The van der Waals surface area contributed by atoms with E-state index in [1.165, 1.54) is 0 Å². The second-order valence-corrected chi connectivity index (χ2v) is 5.22. The van der Waals surface area contributed by atoms with Gasteiger partial charge in [0.25, 0.3) is 0 Å².